The summed E-state index contributed by atoms with van der Waals surface area (Å²) in [7, 11) is 0. The maximum Gasteiger partial charge on any atom is 0.337 e. The van der Waals surface area contributed by atoms with Gasteiger partial charge in [0.2, 0.25) is 0 Å². The summed E-state index contributed by atoms with van der Waals surface area (Å²) in [6, 6.07) is 4.42. The Bertz CT molecular complexity index is 1010. The predicted octanol–water partition coefficient (Wildman–Crippen LogP) is 4.73. The number of aryl methyl sites for hydroxylation is 2. The zero-order valence-corrected chi connectivity index (χ0v) is 17.5. The maximum atomic E-state index is 12.2. The topological polar surface area (TPSA) is 96.8 Å². The van der Waals surface area contributed by atoms with Gasteiger partial charge < -0.3 is 5.32 Å². The smallest absolute Gasteiger partial charge is 0.306 e. The lowest BCUT2D eigenvalue weighted by atomic mass is 10.00. The van der Waals surface area contributed by atoms with Gasteiger partial charge in [0.25, 0.3) is 0 Å². The molecule has 28 heavy (non-hydrogen) atoms. The van der Waals surface area contributed by atoms with Crippen molar-refractivity contribution in [3.8, 4) is 0 Å². The first kappa shape index (κ1) is 20.2. The molecule has 8 nitrogen and oxygen atoms in total. The first-order valence-electron chi connectivity index (χ1n) is 8.82. The van der Waals surface area contributed by atoms with Crippen LogP contribution in [0, 0.1) is 6.92 Å². The third kappa shape index (κ3) is 4.28. The highest BCUT2D eigenvalue weighted by Gasteiger charge is 2.16. The second-order valence-electron chi connectivity index (χ2n) is 6.56. The summed E-state index contributed by atoms with van der Waals surface area (Å²) in [5, 5.41) is 8.61. The summed E-state index contributed by atoms with van der Waals surface area (Å²) in [5.41, 5.74) is 8.67. The molecule has 0 spiro atoms. The molecule has 2 amide bonds. The molecule has 3 aromatic heterocycles. The average Bonchev–Trinajstić information content (AvgIpc) is 2.94. The number of halogens is 2. The lowest BCUT2D eigenvalue weighted by Gasteiger charge is -2.13. The number of carbonyl (C=O) groups is 1. The Kier molecular flexibility index (Phi) is 5.90. The molecule has 10 heteroatoms. The van der Waals surface area contributed by atoms with Gasteiger partial charge in [0.05, 0.1) is 5.69 Å². The summed E-state index contributed by atoms with van der Waals surface area (Å²) in [6.45, 7) is 8.91. The van der Waals surface area contributed by atoms with E-state index >= 15 is 0 Å². The van der Waals surface area contributed by atoms with Crippen LogP contribution in [-0.4, -0.2) is 25.8 Å². The number of rotatable bonds is 5. The zero-order valence-electron chi connectivity index (χ0n) is 16.0. The summed E-state index contributed by atoms with van der Waals surface area (Å²) in [5.74, 6) is 0.793. The van der Waals surface area contributed by atoms with Gasteiger partial charge in [-0.15, -0.1) is 0 Å². The van der Waals surface area contributed by atoms with Gasteiger partial charge in [0.15, 0.2) is 5.65 Å². The quantitative estimate of drug-likeness (QED) is 0.408. The second kappa shape index (κ2) is 8.20. The van der Waals surface area contributed by atoms with E-state index in [9.17, 15) is 4.79 Å². The molecule has 0 radical (unpaired) electrons. The first-order chi connectivity index (χ1) is 13.3. The number of hydrogen-bond donors (Lipinski definition) is 3. The third-order valence-electron chi connectivity index (χ3n) is 4.15. The van der Waals surface area contributed by atoms with E-state index in [0.717, 1.165) is 22.3 Å². The van der Waals surface area contributed by atoms with Gasteiger partial charge in [-0.3, -0.25) is 10.9 Å². The van der Waals surface area contributed by atoms with E-state index in [1.807, 2.05) is 24.6 Å². The number of nitrogens with one attached hydrogen (secondary N) is 3. The minimum atomic E-state index is -0.494. The predicted molar refractivity (Wildman–Crippen MR) is 112 cm³/mol. The standard InChI is InChI=1S/C18H21Cl2N7O/c1-5-27-17-16(10(4)26-27)12(9(2)3)8-15(23-17)24-25-18(28)21-11-6-13(19)22-14(20)7-11/h6-9H,5H2,1-4H3,(H,23,24)(H2,21,22,25,28). The largest absolute Gasteiger partial charge is 0.337 e. The van der Waals surface area contributed by atoms with Crippen LogP contribution in [0.3, 0.4) is 0 Å². The molecule has 148 valence electrons. The molecule has 3 heterocycles. The van der Waals surface area contributed by atoms with Crippen LogP contribution in [0.5, 0.6) is 0 Å². The molecule has 0 fully saturated rings. The van der Waals surface area contributed by atoms with Crippen LogP contribution in [0.25, 0.3) is 11.0 Å². The molecule has 0 bridgehead atoms. The van der Waals surface area contributed by atoms with Gasteiger partial charge in [0, 0.05) is 17.6 Å². The van der Waals surface area contributed by atoms with Gasteiger partial charge in [-0.2, -0.15) is 5.10 Å². The van der Waals surface area contributed by atoms with Gasteiger partial charge in [0.1, 0.15) is 16.1 Å². The molecule has 3 N–H and O–H groups in total. The number of fused-ring (bicyclic) bond motifs is 1. The molecular formula is C18H21Cl2N7O. The monoisotopic (exact) mass is 421 g/mol. The number of amides is 2. The number of urea groups is 1. The van der Waals surface area contributed by atoms with Crippen molar-refractivity contribution in [3.63, 3.8) is 0 Å². The van der Waals surface area contributed by atoms with Gasteiger partial charge in [-0.05, 0) is 43.5 Å². The maximum absolute atomic E-state index is 12.2. The molecule has 0 aromatic carbocycles. The SMILES string of the molecule is CCn1nc(C)c2c(C(C)C)cc(NNC(=O)Nc3cc(Cl)nc(Cl)c3)nc21. The van der Waals surface area contributed by atoms with Gasteiger partial charge in [-0.1, -0.05) is 37.0 Å². The molecule has 3 aromatic rings. The molecular weight excluding hydrogens is 401 g/mol. The number of anilines is 2. The van der Waals surface area contributed by atoms with Crippen LogP contribution >= 0.6 is 23.2 Å². The Hall–Kier alpha value is -2.58. The first-order valence-corrected chi connectivity index (χ1v) is 9.58. The fourth-order valence-corrected chi connectivity index (χ4v) is 3.41. The molecule has 0 saturated heterocycles. The molecule has 0 saturated carbocycles. The zero-order chi connectivity index (χ0) is 20.4. The van der Waals surface area contributed by atoms with E-state index in [4.69, 9.17) is 23.2 Å². The highest BCUT2D eigenvalue weighted by molar-refractivity contribution is 6.33. The fourth-order valence-electron chi connectivity index (χ4n) is 2.95. The summed E-state index contributed by atoms with van der Waals surface area (Å²) in [4.78, 5) is 20.6. The van der Waals surface area contributed by atoms with E-state index in [1.165, 1.54) is 12.1 Å². The number of carbonyl (C=O) groups excluding carboxylic acids is 1. The molecule has 0 unspecified atom stereocenters. The molecule has 0 aliphatic heterocycles. The summed E-state index contributed by atoms with van der Waals surface area (Å²) < 4.78 is 1.85. The lowest BCUT2D eigenvalue weighted by Crippen LogP contribution is -2.34. The minimum absolute atomic E-state index is 0.188. The van der Waals surface area contributed by atoms with Crippen LogP contribution in [0.2, 0.25) is 10.3 Å². The molecule has 0 aliphatic rings. The Morgan fingerprint density at radius 3 is 2.46 bits per heavy atom. The summed E-state index contributed by atoms with van der Waals surface area (Å²) in [6.07, 6.45) is 0. The number of aromatic nitrogens is 4. The number of hydrazine groups is 1. The second-order valence-corrected chi connectivity index (χ2v) is 7.33. The molecule has 0 atom stereocenters. The fraction of sp³-hybridized carbons (Fsp3) is 0.333. The molecule has 0 aliphatic carbocycles. The van der Waals surface area contributed by atoms with Crippen molar-refractivity contribution < 1.29 is 4.79 Å². The van der Waals surface area contributed by atoms with Crippen LogP contribution in [0.1, 0.15) is 37.9 Å². The highest BCUT2D eigenvalue weighted by Crippen LogP contribution is 2.29. The van der Waals surface area contributed by atoms with Crippen molar-refractivity contribution in [3.05, 3.63) is 39.8 Å². The number of hydrogen-bond acceptors (Lipinski definition) is 5. The van der Waals surface area contributed by atoms with E-state index in [2.05, 4.69) is 45.1 Å². The Labute approximate surface area is 172 Å². The Balaban J connectivity index is 1.81. The Morgan fingerprint density at radius 1 is 1.18 bits per heavy atom. The number of nitrogens with zero attached hydrogens (tertiary/aromatic N) is 4. The highest BCUT2D eigenvalue weighted by atomic mass is 35.5. The van der Waals surface area contributed by atoms with Crippen molar-refractivity contribution >= 4 is 51.8 Å². The minimum Gasteiger partial charge on any atom is -0.306 e. The van der Waals surface area contributed by atoms with Crippen molar-refractivity contribution in [2.45, 2.75) is 40.2 Å². The van der Waals surface area contributed by atoms with Crippen molar-refractivity contribution in [1.29, 1.82) is 0 Å². The van der Waals surface area contributed by atoms with Crippen LogP contribution in [0.15, 0.2) is 18.2 Å². The van der Waals surface area contributed by atoms with Gasteiger partial charge >= 0.3 is 6.03 Å². The van der Waals surface area contributed by atoms with Gasteiger partial charge in [-0.25, -0.2) is 19.4 Å². The average molecular weight is 422 g/mol. The summed E-state index contributed by atoms with van der Waals surface area (Å²) >= 11 is 11.7. The van der Waals surface area contributed by atoms with Crippen LogP contribution < -0.4 is 16.2 Å². The van der Waals surface area contributed by atoms with E-state index in [-0.39, 0.29) is 16.2 Å². The lowest BCUT2D eigenvalue weighted by molar-refractivity contribution is 0.254. The van der Waals surface area contributed by atoms with Crippen LogP contribution in [-0.2, 0) is 6.54 Å². The van der Waals surface area contributed by atoms with Crippen molar-refractivity contribution in [2.24, 2.45) is 0 Å². The Morgan fingerprint density at radius 2 is 1.86 bits per heavy atom. The van der Waals surface area contributed by atoms with E-state index < -0.39 is 6.03 Å². The van der Waals surface area contributed by atoms with Crippen LogP contribution in [0.4, 0.5) is 16.3 Å². The third-order valence-corrected chi connectivity index (χ3v) is 4.54. The molecule has 3 rings (SSSR count). The number of pyridine rings is 2. The van der Waals surface area contributed by atoms with Crippen molar-refractivity contribution in [2.75, 3.05) is 10.7 Å². The van der Waals surface area contributed by atoms with E-state index in [0.29, 0.717) is 18.1 Å². The normalized spacial score (nSPS) is 11.1. The van der Waals surface area contributed by atoms with E-state index in [1.54, 1.807) is 0 Å². The van der Waals surface area contributed by atoms with Crippen molar-refractivity contribution in [1.82, 2.24) is 25.2 Å².